The summed E-state index contributed by atoms with van der Waals surface area (Å²) in [4.78, 5) is 22.9. The number of hydrogen-bond donors (Lipinski definition) is 2. The fourth-order valence-electron chi connectivity index (χ4n) is 2.39. The summed E-state index contributed by atoms with van der Waals surface area (Å²) in [5.74, 6) is -0.246. The van der Waals surface area contributed by atoms with Gasteiger partial charge in [-0.1, -0.05) is 18.6 Å². The molecule has 1 aliphatic rings. The number of aryl methyl sites for hydroxylation is 1. The Morgan fingerprint density at radius 1 is 1.38 bits per heavy atom. The Hall–Kier alpha value is -2.04. The third-order valence-corrected chi connectivity index (χ3v) is 3.98. The first-order chi connectivity index (χ1) is 10.0. The number of amides is 1. The zero-order chi connectivity index (χ0) is 15.3. The number of rotatable bonds is 7. The number of carboxylic acids is 1. The van der Waals surface area contributed by atoms with Gasteiger partial charge in [0.25, 0.3) is 0 Å². The van der Waals surface area contributed by atoms with Crippen molar-refractivity contribution in [3.8, 4) is 5.75 Å². The smallest absolute Gasteiger partial charge is 0.311 e. The van der Waals surface area contributed by atoms with Gasteiger partial charge in [-0.25, -0.2) is 0 Å². The van der Waals surface area contributed by atoms with E-state index in [9.17, 15) is 14.7 Å². The largest absolute Gasteiger partial charge is 0.493 e. The molecule has 1 fully saturated rings. The van der Waals surface area contributed by atoms with Crippen molar-refractivity contribution in [2.75, 3.05) is 13.2 Å². The minimum absolute atomic E-state index is 0.171. The predicted octanol–water partition coefficient (Wildman–Crippen LogP) is 2.14. The second kappa shape index (κ2) is 6.61. The summed E-state index contributed by atoms with van der Waals surface area (Å²) < 4.78 is 5.50. The van der Waals surface area contributed by atoms with E-state index >= 15 is 0 Å². The molecule has 0 saturated heterocycles. The molecule has 0 bridgehead atoms. The van der Waals surface area contributed by atoms with Crippen molar-refractivity contribution < 1.29 is 19.4 Å². The van der Waals surface area contributed by atoms with Crippen LogP contribution in [0.25, 0.3) is 0 Å². The lowest BCUT2D eigenvalue weighted by Crippen LogP contribution is -2.47. The molecule has 1 aromatic carbocycles. The highest BCUT2D eigenvalue weighted by molar-refractivity contribution is 5.79. The number of carbonyl (C=O) groups excluding carboxylic acids is 1. The van der Waals surface area contributed by atoms with Crippen molar-refractivity contribution in [1.82, 2.24) is 5.32 Å². The number of carboxylic acid groups (broad SMARTS) is 1. The van der Waals surface area contributed by atoms with Crippen molar-refractivity contribution in [2.45, 2.75) is 32.6 Å². The number of aliphatic carboxylic acids is 1. The quantitative estimate of drug-likeness (QED) is 0.807. The maximum absolute atomic E-state index is 11.7. The Labute approximate surface area is 124 Å². The van der Waals surface area contributed by atoms with E-state index in [1.165, 1.54) is 0 Å². The van der Waals surface area contributed by atoms with Gasteiger partial charge in [-0.15, -0.1) is 0 Å². The Morgan fingerprint density at radius 2 is 2.14 bits per heavy atom. The molecule has 0 spiro atoms. The number of benzene rings is 1. The fourth-order valence-corrected chi connectivity index (χ4v) is 2.39. The number of ether oxygens (including phenoxy) is 1. The van der Waals surface area contributed by atoms with E-state index in [0.29, 0.717) is 12.8 Å². The lowest BCUT2D eigenvalue weighted by atomic mass is 9.69. The monoisotopic (exact) mass is 291 g/mol. The Balaban J connectivity index is 1.69. The molecule has 0 aromatic heterocycles. The molecule has 21 heavy (non-hydrogen) atoms. The van der Waals surface area contributed by atoms with Crippen molar-refractivity contribution in [1.29, 1.82) is 0 Å². The molecule has 0 unspecified atom stereocenters. The number of hydrogen-bond acceptors (Lipinski definition) is 3. The third kappa shape index (κ3) is 3.97. The lowest BCUT2D eigenvalue weighted by molar-refractivity contribution is -0.154. The summed E-state index contributed by atoms with van der Waals surface area (Å²) in [6.07, 6.45) is 2.42. The molecule has 0 heterocycles. The molecule has 5 heteroatoms. The van der Waals surface area contributed by atoms with Crippen molar-refractivity contribution >= 4 is 11.9 Å². The van der Waals surface area contributed by atoms with Crippen molar-refractivity contribution in [3.05, 3.63) is 29.8 Å². The van der Waals surface area contributed by atoms with Crippen molar-refractivity contribution in [3.63, 3.8) is 0 Å². The molecule has 1 aliphatic carbocycles. The van der Waals surface area contributed by atoms with Crippen molar-refractivity contribution in [2.24, 2.45) is 5.41 Å². The molecule has 0 atom stereocenters. The molecule has 114 valence electrons. The molecule has 1 amide bonds. The Kier molecular flexibility index (Phi) is 4.83. The molecule has 0 aliphatic heterocycles. The molecular weight excluding hydrogens is 270 g/mol. The second-order valence-electron chi connectivity index (χ2n) is 5.63. The van der Waals surface area contributed by atoms with Gasteiger partial charge in [0, 0.05) is 6.54 Å². The SMILES string of the molecule is Cc1cccc(OCCC(=O)NCC2(C(=O)O)CCC2)c1. The lowest BCUT2D eigenvalue weighted by Gasteiger charge is -2.37. The Morgan fingerprint density at radius 3 is 2.71 bits per heavy atom. The van der Waals surface area contributed by atoms with Crippen LogP contribution in [-0.2, 0) is 9.59 Å². The van der Waals surface area contributed by atoms with Crippen LogP contribution in [0.5, 0.6) is 5.75 Å². The van der Waals surface area contributed by atoms with Gasteiger partial charge in [0.2, 0.25) is 5.91 Å². The van der Waals surface area contributed by atoms with Crippen LogP contribution in [0.15, 0.2) is 24.3 Å². The molecule has 0 radical (unpaired) electrons. The summed E-state index contributed by atoms with van der Waals surface area (Å²) in [5.41, 5.74) is 0.359. The van der Waals surface area contributed by atoms with Gasteiger partial charge in [-0.2, -0.15) is 0 Å². The van der Waals surface area contributed by atoms with Gasteiger partial charge in [-0.05, 0) is 37.5 Å². The van der Waals surface area contributed by atoms with Crippen LogP contribution < -0.4 is 10.1 Å². The first-order valence-corrected chi connectivity index (χ1v) is 7.21. The zero-order valence-electron chi connectivity index (χ0n) is 12.2. The maximum atomic E-state index is 11.7. The van der Waals surface area contributed by atoms with Gasteiger partial charge in [0.1, 0.15) is 5.75 Å². The molecular formula is C16H21NO4. The van der Waals surface area contributed by atoms with Gasteiger partial charge in [-0.3, -0.25) is 9.59 Å². The van der Waals surface area contributed by atoms with E-state index in [4.69, 9.17) is 4.74 Å². The second-order valence-corrected chi connectivity index (χ2v) is 5.63. The third-order valence-electron chi connectivity index (χ3n) is 3.98. The normalized spacial score (nSPS) is 15.9. The summed E-state index contributed by atoms with van der Waals surface area (Å²) in [7, 11) is 0. The Bertz CT molecular complexity index is 523. The average Bonchev–Trinajstić information content (AvgIpc) is 2.37. The molecule has 2 N–H and O–H groups in total. The van der Waals surface area contributed by atoms with Gasteiger partial charge >= 0.3 is 5.97 Å². The van der Waals surface area contributed by atoms with Crippen LogP contribution in [0.2, 0.25) is 0 Å². The summed E-state index contributed by atoms with van der Waals surface area (Å²) >= 11 is 0. The first kappa shape index (κ1) is 15.4. The number of nitrogens with one attached hydrogen (secondary N) is 1. The topological polar surface area (TPSA) is 75.6 Å². The summed E-state index contributed by atoms with van der Waals surface area (Å²) in [5, 5.41) is 11.9. The predicted molar refractivity (Wildman–Crippen MR) is 78.2 cm³/mol. The van der Waals surface area contributed by atoms with E-state index in [-0.39, 0.29) is 25.5 Å². The van der Waals surface area contributed by atoms with Gasteiger partial charge in [0.05, 0.1) is 18.4 Å². The average molecular weight is 291 g/mol. The maximum Gasteiger partial charge on any atom is 0.311 e. The van der Waals surface area contributed by atoms with E-state index in [0.717, 1.165) is 17.7 Å². The summed E-state index contributed by atoms with van der Waals surface area (Å²) in [6.45, 7) is 2.48. The highest BCUT2D eigenvalue weighted by atomic mass is 16.5. The first-order valence-electron chi connectivity index (χ1n) is 7.21. The van der Waals surface area contributed by atoms with E-state index in [2.05, 4.69) is 5.32 Å². The molecule has 2 rings (SSSR count). The van der Waals surface area contributed by atoms with E-state index in [1.807, 2.05) is 31.2 Å². The fraction of sp³-hybridized carbons (Fsp3) is 0.500. The minimum Gasteiger partial charge on any atom is -0.493 e. The molecule has 1 aromatic rings. The zero-order valence-corrected chi connectivity index (χ0v) is 12.2. The highest BCUT2D eigenvalue weighted by Crippen LogP contribution is 2.40. The molecule has 5 nitrogen and oxygen atoms in total. The van der Waals surface area contributed by atoms with Crippen LogP contribution in [0.1, 0.15) is 31.2 Å². The van der Waals surface area contributed by atoms with Crippen LogP contribution in [-0.4, -0.2) is 30.1 Å². The van der Waals surface area contributed by atoms with E-state index in [1.54, 1.807) is 0 Å². The molecule has 1 saturated carbocycles. The van der Waals surface area contributed by atoms with Crippen LogP contribution >= 0.6 is 0 Å². The minimum atomic E-state index is -0.815. The van der Waals surface area contributed by atoms with Crippen LogP contribution in [0, 0.1) is 12.3 Å². The summed E-state index contributed by atoms with van der Waals surface area (Å²) in [6, 6.07) is 7.63. The van der Waals surface area contributed by atoms with Gasteiger partial charge < -0.3 is 15.2 Å². The highest BCUT2D eigenvalue weighted by Gasteiger charge is 2.44. The number of carbonyl (C=O) groups is 2. The standard InChI is InChI=1S/C16H21NO4/c1-12-4-2-5-13(10-12)21-9-6-14(18)17-11-16(15(19)20)7-3-8-16/h2,4-5,10H,3,6-9,11H2,1H3,(H,17,18)(H,19,20). The van der Waals surface area contributed by atoms with Crippen LogP contribution in [0.4, 0.5) is 0 Å². The van der Waals surface area contributed by atoms with E-state index < -0.39 is 11.4 Å². The van der Waals surface area contributed by atoms with Crippen LogP contribution in [0.3, 0.4) is 0 Å². The van der Waals surface area contributed by atoms with Gasteiger partial charge in [0.15, 0.2) is 0 Å².